The minimum Gasteiger partial charge on any atom is -0.294 e. The van der Waals surface area contributed by atoms with E-state index < -0.39 is 28.4 Å². The van der Waals surface area contributed by atoms with E-state index in [1.54, 1.807) is 6.92 Å². The number of hydrogen-bond acceptors (Lipinski definition) is 3. The number of carbonyl (C=O) groups is 1. The maximum Gasteiger partial charge on any atom is 0.279 e. The zero-order valence-electron chi connectivity index (χ0n) is 9.37. The van der Waals surface area contributed by atoms with E-state index in [9.17, 15) is 23.7 Å². The molecule has 17 heavy (non-hydrogen) atoms. The van der Waals surface area contributed by atoms with Gasteiger partial charge in [0.1, 0.15) is 5.56 Å². The van der Waals surface area contributed by atoms with E-state index in [1.165, 1.54) is 6.07 Å². The fourth-order valence-electron chi connectivity index (χ4n) is 1.57. The number of halogens is 2. The van der Waals surface area contributed by atoms with Gasteiger partial charge < -0.3 is 0 Å². The molecule has 0 fully saturated rings. The number of aryl methyl sites for hydroxylation is 1. The van der Waals surface area contributed by atoms with Gasteiger partial charge in [0, 0.05) is 11.6 Å². The fraction of sp³-hybridized carbons (Fsp3) is 0.364. The Hall–Kier alpha value is -1.85. The van der Waals surface area contributed by atoms with Gasteiger partial charge >= 0.3 is 0 Å². The first-order chi connectivity index (χ1) is 7.88. The van der Waals surface area contributed by atoms with E-state index in [0.29, 0.717) is 12.0 Å². The molecule has 0 aromatic heterocycles. The number of ketones is 1. The Morgan fingerprint density at radius 3 is 2.41 bits per heavy atom. The molecule has 0 spiro atoms. The molecular formula is C11H11F2NO3. The fourth-order valence-corrected chi connectivity index (χ4v) is 1.57. The number of nitro groups is 1. The van der Waals surface area contributed by atoms with Gasteiger partial charge in [0.25, 0.3) is 12.1 Å². The number of hydrogen-bond donors (Lipinski definition) is 0. The van der Waals surface area contributed by atoms with Crippen molar-refractivity contribution in [2.75, 3.05) is 0 Å². The lowest BCUT2D eigenvalue weighted by molar-refractivity contribution is -0.386. The molecular weight excluding hydrogens is 232 g/mol. The van der Waals surface area contributed by atoms with Crippen molar-refractivity contribution in [3.63, 3.8) is 0 Å². The molecule has 0 amide bonds. The molecule has 1 rings (SSSR count). The first-order valence-electron chi connectivity index (χ1n) is 4.98. The van der Waals surface area contributed by atoms with Crippen LogP contribution < -0.4 is 0 Å². The summed E-state index contributed by atoms with van der Waals surface area (Å²) in [4.78, 5) is 21.1. The number of nitrogens with zero attached hydrogens (tertiary/aromatic N) is 1. The molecule has 0 aliphatic rings. The summed E-state index contributed by atoms with van der Waals surface area (Å²) in [6, 6.07) is 2.38. The molecule has 1 aromatic rings. The van der Waals surface area contributed by atoms with Crippen LogP contribution in [0.25, 0.3) is 0 Å². The van der Waals surface area contributed by atoms with Crippen molar-refractivity contribution >= 4 is 11.5 Å². The van der Waals surface area contributed by atoms with Crippen LogP contribution in [-0.2, 0) is 6.42 Å². The lowest BCUT2D eigenvalue weighted by atomic mass is 9.98. The second-order valence-corrected chi connectivity index (χ2v) is 3.54. The van der Waals surface area contributed by atoms with Gasteiger partial charge in [-0.1, -0.05) is 6.92 Å². The van der Waals surface area contributed by atoms with Gasteiger partial charge in [0.05, 0.1) is 4.92 Å². The van der Waals surface area contributed by atoms with Crippen LogP contribution in [0.15, 0.2) is 12.1 Å². The molecule has 0 bridgehead atoms. The second-order valence-electron chi connectivity index (χ2n) is 3.54. The third-order valence-electron chi connectivity index (χ3n) is 2.42. The van der Waals surface area contributed by atoms with Crippen molar-refractivity contribution in [3.8, 4) is 0 Å². The van der Waals surface area contributed by atoms with Gasteiger partial charge in [-0.2, -0.15) is 0 Å². The van der Waals surface area contributed by atoms with Gasteiger partial charge in [-0.15, -0.1) is 0 Å². The summed E-state index contributed by atoms with van der Waals surface area (Å²) < 4.78 is 25.6. The predicted molar refractivity (Wildman–Crippen MR) is 57.4 cm³/mol. The Labute approximate surface area is 96.4 Å². The topological polar surface area (TPSA) is 60.2 Å². The van der Waals surface area contributed by atoms with Crippen LogP contribution in [0.4, 0.5) is 14.5 Å². The van der Waals surface area contributed by atoms with Crippen LogP contribution in [0.1, 0.15) is 41.8 Å². The normalized spacial score (nSPS) is 10.6. The average molecular weight is 243 g/mol. The monoisotopic (exact) mass is 243 g/mol. The molecule has 0 aliphatic heterocycles. The molecule has 92 valence electrons. The predicted octanol–water partition coefficient (Wildman–Crippen LogP) is 3.30. The van der Waals surface area contributed by atoms with E-state index in [1.807, 2.05) is 0 Å². The Bertz CT molecular complexity index is 437. The van der Waals surface area contributed by atoms with Crippen LogP contribution in [0.5, 0.6) is 0 Å². The van der Waals surface area contributed by atoms with E-state index in [4.69, 9.17) is 0 Å². The van der Waals surface area contributed by atoms with E-state index in [2.05, 4.69) is 0 Å². The van der Waals surface area contributed by atoms with Gasteiger partial charge in [0.2, 0.25) is 0 Å². The highest BCUT2D eigenvalue weighted by molar-refractivity contribution is 5.97. The summed E-state index contributed by atoms with van der Waals surface area (Å²) in [5, 5.41) is 10.7. The van der Waals surface area contributed by atoms with Crippen molar-refractivity contribution in [2.24, 2.45) is 0 Å². The number of Topliss-reactive ketones (excluding diaryl/α,β-unsaturated/α-hetero) is 1. The zero-order chi connectivity index (χ0) is 13.2. The van der Waals surface area contributed by atoms with Gasteiger partial charge in [-0.05, 0) is 25.0 Å². The Kier molecular flexibility index (Phi) is 3.88. The average Bonchev–Trinajstić information content (AvgIpc) is 2.26. The Morgan fingerprint density at radius 2 is 2.06 bits per heavy atom. The van der Waals surface area contributed by atoms with E-state index in [-0.39, 0.29) is 5.56 Å². The summed E-state index contributed by atoms with van der Waals surface area (Å²) >= 11 is 0. The highest BCUT2D eigenvalue weighted by Gasteiger charge is 2.27. The van der Waals surface area contributed by atoms with Crippen molar-refractivity contribution in [1.82, 2.24) is 0 Å². The van der Waals surface area contributed by atoms with Gasteiger partial charge in [-0.3, -0.25) is 14.9 Å². The molecule has 6 heteroatoms. The first kappa shape index (κ1) is 13.2. The highest BCUT2D eigenvalue weighted by atomic mass is 19.3. The van der Waals surface area contributed by atoms with Gasteiger partial charge in [0.15, 0.2) is 5.78 Å². The van der Waals surface area contributed by atoms with Crippen molar-refractivity contribution in [3.05, 3.63) is 38.9 Å². The molecule has 4 nitrogen and oxygen atoms in total. The molecule has 0 atom stereocenters. The number of nitro benzene ring substituents is 1. The van der Waals surface area contributed by atoms with E-state index in [0.717, 1.165) is 13.0 Å². The molecule has 0 aliphatic carbocycles. The summed E-state index contributed by atoms with van der Waals surface area (Å²) in [7, 11) is 0. The maximum atomic E-state index is 12.8. The van der Waals surface area contributed by atoms with Crippen LogP contribution in [0, 0.1) is 10.1 Å². The van der Waals surface area contributed by atoms with Crippen molar-refractivity contribution in [1.29, 1.82) is 0 Å². The van der Waals surface area contributed by atoms with Crippen LogP contribution in [0.2, 0.25) is 0 Å². The lowest BCUT2D eigenvalue weighted by Crippen LogP contribution is -2.06. The summed E-state index contributed by atoms with van der Waals surface area (Å²) in [5.41, 5.74) is -1.26. The summed E-state index contributed by atoms with van der Waals surface area (Å²) in [6.07, 6.45) is -2.61. The quantitative estimate of drug-likeness (QED) is 0.463. The number of benzene rings is 1. The molecule has 1 aromatic carbocycles. The van der Waals surface area contributed by atoms with Crippen molar-refractivity contribution < 1.29 is 18.5 Å². The lowest BCUT2D eigenvalue weighted by Gasteiger charge is -2.09. The standard InChI is InChI=1S/C11H11F2NO3/c1-3-7-4-8(6(2)15)10(11(12)13)9(5-7)14(16)17/h4-5,11H,3H2,1-2H3. The summed E-state index contributed by atoms with van der Waals surface area (Å²) in [6.45, 7) is 2.84. The minimum atomic E-state index is -3.04. The second kappa shape index (κ2) is 4.99. The molecule has 0 N–H and O–H groups in total. The van der Waals surface area contributed by atoms with Crippen LogP contribution >= 0.6 is 0 Å². The minimum absolute atomic E-state index is 0.272. The Morgan fingerprint density at radius 1 is 1.47 bits per heavy atom. The van der Waals surface area contributed by atoms with E-state index >= 15 is 0 Å². The third kappa shape index (κ3) is 2.64. The molecule has 0 saturated carbocycles. The van der Waals surface area contributed by atoms with Crippen LogP contribution in [0.3, 0.4) is 0 Å². The SMILES string of the molecule is CCc1cc(C(C)=O)c(C(F)F)c([N+](=O)[O-])c1. The molecule has 0 radical (unpaired) electrons. The molecule has 0 unspecified atom stereocenters. The summed E-state index contributed by atoms with van der Waals surface area (Å²) in [5.74, 6) is -0.598. The maximum absolute atomic E-state index is 12.8. The zero-order valence-corrected chi connectivity index (χ0v) is 9.37. The van der Waals surface area contributed by atoms with Crippen molar-refractivity contribution in [2.45, 2.75) is 26.7 Å². The third-order valence-corrected chi connectivity index (χ3v) is 2.42. The largest absolute Gasteiger partial charge is 0.294 e. The van der Waals surface area contributed by atoms with Gasteiger partial charge in [-0.25, -0.2) is 8.78 Å². The molecule has 0 heterocycles. The van der Waals surface area contributed by atoms with Crippen LogP contribution in [-0.4, -0.2) is 10.7 Å². The Balaban J connectivity index is 3.61. The number of rotatable bonds is 4. The number of carbonyl (C=O) groups excluding carboxylic acids is 1. The molecule has 0 saturated heterocycles. The highest BCUT2D eigenvalue weighted by Crippen LogP contribution is 2.33. The number of alkyl halides is 2. The first-order valence-corrected chi connectivity index (χ1v) is 4.98. The smallest absolute Gasteiger partial charge is 0.279 e.